The van der Waals surface area contributed by atoms with Crippen molar-refractivity contribution in [3.8, 4) is 0 Å². The van der Waals surface area contributed by atoms with E-state index in [0.29, 0.717) is 23.3 Å². The smallest absolute Gasteiger partial charge is 0.270 e. The van der Waals surface area contributed by atoms with Crippen molar-refractivity contribution in [2.45, 2.75) is 39.7 Å². The van der Waals surface area contributed by atoms with Gasteiger partial charge in [0.1, 0.15) is 17.3 Å². The molecule has 1 heterocycles. The fourth-order valence-corrected chi connectivity index (χ4v) is 3.10. The summed E-state index contributed by atoms with van der Waals surface area (Å²) < 4.78 is 0. The van der Waals surface area contributed by atoms with Crippen LogP contribution in [0.5, 0.6) is 0 Å². The first-order valence-electron chi connectivity index (χ1n) is 9.51. The molecule has 144 valence electrons. The molecule has 0 aliphatic carbocycles. The number of nitrogens with zero attached hydrogens (tertiary/aromatic N) is 2. The fourth-order valence-electron chi connectivity index (χ4n) is 3.10. The standard InChI is InChI=1S/C23H26N4O/c1-15(2)19-12-8-9-13-20(19)27-22-14-21(25-17(4)26-22)23(28)24-16(3)18-10-6-5-7-11-18/h5-16H,1-4H3,(H,24,28)(H,25,26,27). The quantitative estimate of drug-likeness (QED) is 0.627. The molecule has 2 aromatic carbocycles. The van der Waals surface area contributed by atoms with Gasteiger partial charge in [-0.2, -0.15) is 0 Å². The van der Waals surface area contributed by atoms with E-state index in [1.165, 1.54) is 5.56 Å². The zero-order chi connectivity index (χ0) is 20.1. The number of nitrogens with one attached hydrogen (secondary N) is 2. The highest BCUT2D eigenvalue weighted by molar-refractivity contribution is 5.93. The van der Waals surface area contributed by atoms with E-state index in [9.17, 15) is 4.79 Å². The first kappa shape index (κ1) is 19.5. The second kappa shape index (κ2) is 8.65. The van der Waals surface area contributed by atoms with Crippen LogP contribution in [-0.2, 0) is 0 Å². The SMILES string of the molecule is Cc1nc(Nc2ccccc2C(C)C)cc(C(=O)NC(C)c2ccccc2)n1. The van der Waals surface area contributed by atoms with E-state index in [-0.39, 0.29) is 11.9 Å². The number of amides is 1. The predicted molar refractivity (Wildman–Crippen MR) is 113 cm³/mol. The molecule has 5 heteroatoms. The highest BCUT2D eigenvalue weighted by Gasteiger charge is 2.15. The highest BCUT2D eigenvalue weighted by atomic mass is 16.1. The number of aryl methyl sites for hydroxylation is 1. The maximum Gasteiger partial charge on any atom is 0.270 e. The van der Waals surface area contributed by atoms with Crippen LogP contribution in [-0.4, -0.2) is 15.9 Å². The molecule has 3 aromatic rings. The van der Waals surface area contributed by atoms with Gasteiger partial charge in [0, 0.05) is 11.8 Å². The predicted octanol–water partition coefficient (Wildman–Crippen LogP) is 5.14. The summed E-state index contributed by atoms with van der Waals surface area (Å²) in [6.45, 7) is 8.04. The molecule has 0 saturated heterocycles. The monoisotopic (exact) mass is 374 g/mol. The minimum Gasteiger partial charge on any atom is -0.344 e. The summed E-state index contributed by atoms with van der Waals surface area (Å²) >= 11 is 0. The van der Waals surface area contributed by atoms with Crippen molar-refractivity contribution in [2.75, 3.05) is 5.32 Å². The van der Waals surface area contributed by atoms with Crippen LogP contribution >= 0.6 is 0 Å². The Labute approximate surface area is 166 Å². The van der Waals surface area contributed by atoms with Gasteiger partial charge in [-0.25, -0.2) is 9.97 Å². The largest absolute Gasteiger partial charge is 0.344 e. The van der Waals surface area contributed by atoms with Gasteiger partial charge in [-0.3, -0.25) is 4.79 Å². The van der Waals surface area contributed by atoms with Crippen LogP contribution in [0.15, 0.2) is 60.7 Å². The van der Waals surface area contributed by atoms with Gasteiger partial charge in [0.2, 0.25) is 0 Å². The Morgan fingerprint density at radius 3 is 2.32 bits per heavy atom. The van der Waals surface area contributed by atoms with Crippen molar-refractivity contribution in [2.24, 2.45) is 0 Å². The van der Waals surface area contributed by atoms with Crippen molar-refractivity contribution in [3.63, 3.8) is 0 Å². The molecule has 1 unspecified atom stereocenters. The minimum atomic E-state index is -0.220. The molecule has 0 fully saturated rings. The lowest BCUT2D eigenvalue weighted by molar-refractivity contribution is 0.0934. The first-order valence-corrected chi connectivity index (χ1v) is 9.51. The molecule has 0 aliphatic heterocycles. The zero-order valence-electron chi connectivity index (χ0n) is 16.7. The van der Waals surface area contributed by atoms with Crippen LogP contribution in [0.1, 0.15) is 60.2 Å². The maximum atomic E-state index is 12.7. The Morgan fingerprint density at radius 2 is 1.61 bits per heavy atom. The second-order valence-electron chi connectivity index (χ2n) is 7.16. The van der Waals surface area contributed by atoms with Gasteiger partial charge in [-0.1, -0.05) is 62.4 Å². The number of hydrogen-bond acceptors (Lipinski definition) is 4. The summed E-state index contributed by atoms with van der Waals surface area (Å²) in [5.41, 5.74) is 3.58. The topological polar surface area (TPSA) is 66.9 Å². The van der Waals surface area contributed by atoms with Crippen LogP contribution in [0.25, 0.3) is 0 Å². The lowest BCUT2D eigenvalue weighted by atomic mass is 10.0. The number of hydrogen-bond donors (Lipinski definition) is 2. The molecular formula is C23H26N4O. The number of aromatic nitrogens is 2. The minimum absolute atomic E-state index is 0.109. The molecule has 0 saturated carbocycles. The van der Waals surface area contributed by atoms with Gasteiger partial charge in [-0.15, -0.1) is 0 Å². The number of carbonyl (C=O) groups is 1. The van der Waals surface area contributed by atoms with Gasteiger partial charge >= 0.3 is 0 Å². The summed E-state index contributed by atoms with van der Waals surface area (Å²) in [5.74, 6) is 1.31. The second-order valence-corrected chi connectivity index (χ2v) is 7.16. The molecule has 1 atom stereocenters. The van der Waals surface area contributed by atoms with Crippen molar-refractivity contribution in [1.82, 2.24) is 15.3 Å². The molecular weight excluding hydrogens is 348 g/mol. The van der Waals surface area contributed by atoms with Crippen LogP contribution in [0.3, 0.4) is 0 Å². The Hall–Kier alpha value is -3.21. The lowest BCUT2D eigenvalue weighted by Crippen LogP contribution is -2.27. The van der Waals surface area contributed by atoms with E-state index in [1.807, 2.05) is 55.5 Å². The summed E-state index contributed by atoms with van der Waals surface area (Å²) in [6.07, 6.45) is 0. The van der Waals surface area contributed by atoms with Gasteiger partial charge in [0.25, 0.3) is 5.91 Å². The van der Waals surface area contributed by atoms with Crippen molar-refractivity contribution in [3.05, 3.63) is 83.3 Å². The van der Waals surface area contributed by atoms with E-state index in [2.05, 4.69) is 40.5 Å². The number of anilines is 2. The van der Waals surface area contributed by atoms with E-state index >= 15 is 0 Å². The summed E-state index contributed by atoms with van der Waals surface area (Å²) in [6, 6.07) is 19.6. The van der Waals surface area contributed by atoms with Crippen molar-refractivity contribution < 1.29 is 4.79 Å². The molecule has 0 aliphatic rings. The lowest BCUT2D eigenvalue weighted by Gasteiger charge is -2.16. The van der Waals surface area contributed by atoms with Gasteiger partial charge < -0.3 is 10.6 Å². The molecule has 3 rings (SSSR count). The average Bonchev–Trinajstić information content (AvgIpc) is 2.68. The van der Waals surface area contributed by atoms with Crippen molar-refractivity contribution in [1.29, 1.82) is 0 Å². The number of rotatable bonds is 6. The number of benzene rings is 2. The van der Waals surface area contributed by atoms with Crippen LogP contribution in [0, 0.1) is 6.92 Å². The molecule has 1 amide bonds. The third-order valence-electron chi connectivity index (χ3n) is 4.56. The Bertz CT molecular complexity index is 954. The third kappa shape index (κ3) is 4.74. The Balaban J connectivity index is 1.81. The van der Waals surface area contributed by atoms with E-state index in [4.69, 9.17) is 0 Å². The van der Waals surface area contributed by atoms with Gasteiger partial charge in [0.15, 0.2) is 0 Å². The summed E-state index contributed by atoms with van der Waals surface area (Å²) in [7, 11) is 0. The third-order valence-corrected chi connectivity index (χ3v) is 4.56. The summed E-state index contributed by atoms with van der Waals surface area (Å²) in [5, 5.41) is 6.35. The Morgan fingerprint density at radius 1 is 0.929 bits per heavy atom. The highest BCUT2D eigenvalue weighted by Crippen LogP contribution is 2.26. The van der Waals surface area contributed by atoms with Gasteiger partial charge in [0.05, 0.1) is 6.04 Å². The van der Waals surface area contributed by atoms with Gasteiger partial charge in [-0.05, 0) is 37.0 Å². The molecule has 5 nitrogen and oxygen atoms in total. The molecule has 0 spiro atoms. The molecule has 0 bridgehead atoms. The maximum absolute atomic E-state index is 12.7. The summed E-state index contributed by atoms with van der Waals surface area (Å²) in [4.78, 5) is 21.5. The number of para-hydroxylation sites is 1. The van der Waals surface area contributed by atoms with Crippen LogP contribution in [0.4, 0.5) is 11.5 Å². The van der Waals surface area contributed by atoms with E-state index in [0.717, 1.165) is 11.3 Å². The molecule has 28 heavy (non-hydrogen) atoms. The van der Waals surface area contributed by atoms with E-state index in [1.54, 1.807) is 13.0 Å². The normalized spacial score (nSPS) is 11.9. The fraction of sp³-hybridized carbons (Fsp3) is 0.261. The molecule has 1 aromatic heterocycles. The average molecular weight is 374 g/mol. The molecule has 0 radical (unpaired) electrons. The van der Waals surface area contributed by atoms with Crippen LogP contribution < -0.4 is 10.6 Å². The van der Waals surface area contributed by atoms with Crippen molar-refractivity contribution >= 4 is 17.4 Å². The molecule has 2 N–H and O–H groups in total. The first-order chi connectivity index (χ1) is 13.4. The number of carbonyl (C=O) groups excluding carboxylic acids is 1. The van der Waals surface area contributed by atoms with Crippen LogP contribution in [0.2, 0.25) is 0 Å². The van der Waals surface area contributed by atoms with E-state index < -0.39 is 0 Å². The zero-order valence-corrected chi connectivity index (χ0v) is 16.7. The Kier molecular flexibility index (Phi) is 6.04.